The van der Waals surface area contributed by atoms with Crippen LogP contribution in [-0.2, 0) is 6.54 Å². The molecule has 24 heavy (non-hydrogen) atoms. The molecule has 1 aliphatic rings. The van der Waals surface area contributed by atoms with Crippen molar-refractivity contribution in [1.29, 1.82) is 5.26 Å². The first-order valence-corrected chi connectivity index (χ1v) is 8.48. The Labute approximate surface area is 143 Å². The first kappa shape index (κ1) is 16.3. The van der Waals surface area contributed by atoms with Crippen molar-refractivity contribution < 1.29 is 4.79 Å². The Morgan fingerprint density at radius 3 is 2.50 bits per heavy atom. The van der Waals surface area contributed by atoms with E-state index in [4.69, 9.17) is 5.26 Å². The van der Waals surface area contributed by atoms with Crippen LogP contribution in [0.4, 0.5) is 0 Å². The summed E-state index contributed by atoms with van der Waals surface area (Å²) in [4.78, 5) is 14.8. The molecule has 0 aliphatic heterocycles. The normalized spacial score (nSPS) is 13.6. The molecule has 122 valence electrons. The molecule has 0 aromatic heterocycles. The highest BCUT2D eigenvalue weighted by molar-refractivity contribution is 5.95. The van der Waals surface area contributed by atoms with Crippen molar-refractivity contribution in [1.82, 2.24) is 4.90 Å². The van der Waals surface area contributed by atoms with E-state index in [1.165, 1.54) is 5.56 Å². The molecule has 0 N–H and O–H groups in total. The number of hydrogen-bond donors (Lipinski definition) is 0. The Morgan fingerprint density at radius 2 is 1.92 bits per heavy atom. The third-order valence-corrected chi connectivity index (χ3v) is 4.49. The van der Waals surface area contributed by atoms with E-state index in [0.29, 0.717) is 29.6 Å². The third kappa shape index (κ3) is 3.65. The van der Waals surface area contributed by atoms with Crippen LogP contribution in [0.25, 0.3) is 0 Å². The minimum Gasteiger partial charge on any atom is -0.331 e. The zero-order valence-electron chi connectivity index (χ0n) is 14.2. The Morgan fingerprint density at radius 1 is 1.21 bits per heavy atom. The average Bonchev–Trinajstić information content (AvgIpc) is 3.44. The molecule has 3 heteroatoms. The van der Waals surface area contributed by atoms with Gasteiger partial charge in [-0.3, -0.25) is 4.79 Å². The molecule has 0 heterocycles. The van der Waals surface area contributed by atoms with Crippen molar-refractivity contribution in [3.8, 4) is 6.07 Å². The van der Waals surface area contributed by atoms with Crippen molar-refractivity contribution in [3.05, 3.63) is 70.8 Å². The highest BCUT2D eigenvalue weighted by Crippen LogP contribution is 2.30. The van der Waals surface area contributed by atoms with Crippen molar-refractivity contribution in [2.45, 2.75) is 45.2 Å². The minimum atomic E-state index is 0.0162. The fourth-order valence-corrected chi connectivity index (χ4v) is 2.85. The number of hydrogen-bond acceptors (Lipinski definition) is 2. The molecule has 0 unspecified atom stereocenters. The number of rotatable bonds is 5. The first-order chi connectivity index (χ1) is 11.6. The van der Waals surface area contributed by atoms with Gasteiger partial charge in [0, 0.05) is 18.2 Å². The minimum absolute atomic E-state index is 0.0162. The molecule has 1 saturated carbocycles. The van der Waals surface area contributed by atoms with Gasteiger partial charge in [0.15, 0.2) is 0 Å². The van der Waals surface area contributed by atoms with Crippen molar-refractivity contribution in [2.75, 3.05) is 0 Å². The molecule has 3 rings (SSSR count). The molecule has 2 aromatic carbocycles. The molecule has 1 amide bonds. The maximum atomic E-state index is 12.9. The van der Waals surface area contributed by atoms with E-state index in [0.717, 1.165) is 18.4 Å². The van der Waals surface area contributed by atoms with Gasteiger partial charge < -0.3 is 4.90 Å². The molecule has 3 nitrogen and oxygen atoms in total. The summed E-state index contributed by atoms with van der Waals surface area (Å²) in [6.45, 7) is 4.98. The maximum absolute atomic E-state index is 12.9. The predicted molar refractivity (Wildman–Crippen MR) is 94.6 cm³/mol. The van der Waals surface area contributed by atoms with Gasteiger partial charge in [-0.15, -0.1) is 0 Å². The number of amides is 1. The van der Waals surface area contributed by atoms with Gasteiger partial charge in [-0.05, 0) is 48.1 Å². The van der Waals surface area contributed by atoms with Crippen LogP contribution < -0.4 is 0 Å². The van der Waals surface area contributed by atoms with Crippen molar-refractivity contribution in [2.24, 2.45) is 0 Å². The molecular formula is C21H22N2O. The van der Waals surface area contributed by atoms with Crippen LogP contribution in [0, 0.1) is 11.3 Å². The number of carbonyl (C=O) groups excluding carboxylic acids is 1. The summed E-state index contributed by atoms with van der Waals surface area (Å²) in [5, 5.41) is 9.03. The number of carbonyl (C=O) groups is 1. The molecule has 2 aromatic rings. The van der Waals surface area contributed by atoms with Crippen LogP contribution in [0.15, 0.2) is 48.5 Å². The van der Waals surface area contributed by atoms with Gasteiger partial charge in [0.2, 0.25) is 0 Å². The van der Waals surface area contributed by atoms with Crippen LogP contribution >= 0.6 is 0 Å². The highest BCUT2D eigenvalue weighted by Gasteiger charge is 2.33. The van der Waals surface area contributed by atoms with Gasteiger partial charge in [0.05, 0.1) is 11.6 Å². The van der Waals surface area contributed by atoms with Gasteiger partial charge in [-0.1, -0.05) is 44.2 Å². The lowest BCUT2D eigenvalue weighted by Gasteiger charge is -2.23. The van der Waals surface area contributed by atoms with E-state index in [9.17, 15) is 4.79 Å². The zero-order chi connectivity index (χ0) is 17.1. The lowest BCUT2D eigenvalue weighted by atomic mass is 10.0. The lowest BCUT2D eigenvalue weighted by molar-refractivity contribution is 0.0730. The second-order valence-electron chi connectivity index (χ2n) is 6.75. The van der Waals surface area contributed by atoms with Crippen LogP contribution in [0.2, 0.25) is 0 Å². The van der Waals surface area contributed by atoms with E-state index in [1.54, 1.807) is 24.3 Å². The summed E-state index contributed by atoms with van der Waals surface area (Å²) in [5.74, 6) is 0.525. The molecule has 1 fully saturated rings. The summed E-state index contributed by atoms with van der Waals surface area (Å²) in [5.41, 5.74) is 3.58. The van der Waals surface area contributed by atoms with E-state index < -0.39 is 0 Å². The molecule has 0 bridgehead atoms. The summed E-state index contributed by atoms with van der Waals surface area (Å²) in [7, 11) is 0. The fourth-order valence-electron chi connectivity index (χ4n) is 2.85. The van der Waals surface area contributed by atoms with E-state index in [2.05, 4.69) is 44.2 Å². The summed E-state index contributed by atoms with van der Waals surface area (Å²) in [6, 6.07) is 17.9. The Balaban J connectivity index is 1.79. The van der Waals surface area contributed by atoms with Crippen LogP contribution in [0.5, 0.6) is 0 Å². The maximum Gasteiger partial charge on any atom is 0.254 e. The molecular weight excluding hydrogens is 296 g/mol. The van der Waals surface area contributed by atoms with Gasteiger partial charge in [0.25, 0.3) is 5.91 Å². The quantitative estimate of drug-likeness (QED) is 0.815. The highest BCUT2D eigenvalue weighted by atomic mass is 16.2. The standard InChI is InChI=1S/C21H22N2O/c1-15(2)18-8-6-16(7-9-18)14-23(20-10-11-20)21(24)19-5-3-4-17(12-19)13-22/h3-9,12,15,20H,10-11,14H2,1-2H3. The SMILES string of the molecule is CC(C)c1ccc(CN(C(=O)c2cccc(C#N)c2)C2CC2)cc1. The number of benzene rings is 2. The Hall–Kier alpha value is -2.60. The molecule has 0 radical (unpaired) electrons. The molecule has 1 aliphatic carbocycles. The van der Waals surface area contributed by atoms with Gasteiger partial charge >= 0.3 is 0 Å². The third-order valence-electron chi connectivity index (χ3n) is 4.49. The molecule has 0 atom stereocenters. The summed E-state index contributed by atoms with van der Waals surface area (Å²) < 4.78 is 0. The monoisotopic (exact) mass is 318 g/mol. The van der Waals surface area contributed by atoms with E-state index in [1.807, 2.05) is 4.90 Å². The average molecular weight is 318 g/mol. The largest absolute Gasteiger partial charge is 0.331 e. The van der Waals surface area contributed by atoms with E-state index >= 15 is 0 Å². The van der Waals surface area contributed by atoms with Crippen LogP contribution in [-0.4, -0.2) is 16.8 Å². The number of nitrogens with zero attached hydrogens (tertiary/aromatic N) is 2. The topological polar surface area (TPSA) is 44.1 Å². The molecule has 0 saturated heterocycles. The zero-order valence-corrected chi connectivity index (χ0v) is 14.2. The second-order valence-corrected chi connectivity index (χ2v) is 6.75. The van der Waals surface area contributed by atoms with Crippen molar-refractivity contribution in [3.63, 3.8) is 0 Å². The van der Waals surface area contributed by atoms with Gasteiger partial charge in [-0.2, -0.15) is 5.26 Å². The van der Waals surface area contributed by atoms with Gasteiger partial charge in [0.1, 0.15) is 0 Å². The Kier molecular flexibility index (Phi) is 4.66. The van der Waals surface area contributed by atoms with Crippen molar-refractivity contribution >= 4 is 5.91 Å². The molecule has 0 spiro atoms. The fraction of sp³-hybridized carbons (Fsp3) is 0.333. The second kappa shape index (κ2) is 6.88. The number of nitriles is 1. The summed E-state index contributed by atoms with van der Waals surface area (Å²) >= 11 is 0. The van der Waals surface area contributed by atoms with E-state index in [-0.39, 0.29) is 5.91 Å². The lowest BCUT2D eigenvalue weighted by Crippen LogP contribution is -2.32. The summed E-state index contributed by atoms with van der Waals surface area (Å²) in [6.07, 6.45) is 2.13. The van der Waals surface area contributed by atoms with Gasteiger partial charge in [-0.25, -0.2) is 0 Å². The van der Waals surface area contributed by atoms with Crippen LogP contribution in [0.1, 0.15) is 59.7 Å². The Bertz CT molecular complexity index is 767. The predicted octanol–water partition coefficient (Wildman–Crippen LogP) is 4.49. The first-order valence-electron chi connectivity index (χ1n) is 8.48. The smallest absolute Gasteiger partial charge is 0.254 e. The van der Waals surface area contributed by atoms with Crippen LogP contribution in [0.3, 0.4) is 0 Å².